The first kappa shape index (κ1) is 12.3. The van der Waals surface area contributed by atoms with Gasteiger partial charge < -0.3 is 10.3 Å². The minimum absolute atomic E-state index is 0.241. The van der Waals surface area contributed by atoms with E-state index in [0.717, 1.165) is 18.4 Å². The number of aliphatic carboxylic acids is 1. The van der Waals surface area contributed by atoms with E-state index in [9.17, 15) is 10.0 Å². The monoisotopic (exact) mass is 238 g/mol. The van der Waals surface area contributed by atoms with E-state index in [1.807, 2.05) is 6.08 Å². The van der Waals surface area contributed by atoms with Gasteiger partial charge in [-0.2, -0.15) is 0 Å². The lowest BCUT2D eigenvalue weighted by molar-refractivity contribution is -0.146. The van der Waals surface area contributed by atoms with Gasteiger partial charge in [0.25, 0.3) is 0 Å². The summed E-state index contributed by atoms with van der Waals surface area (Å²) in [6.45, 7) is 1.35. The molecule has 1 fully saturated rings. The molecule has 1 aliphatic heterocycles. The van der Waals surface area contributed by atoms with Crippen LogP contribution < -0.4 is 0 Å². The molecule has 0 bridgehead atoms. The smallest absolute Gasteiger partial charge is 0.319 e. The lowest BCUT2D eigenvalue weighted by atomic mass is 10.1. The first-order chi connectivity index (χ1) is 8.16. The molecule has 1 N–H and O–H groups in total. The molecule has 6 nitrogen and oxygen atoms in total. The number of hydrogen-bond donors (Lipinski definition) is 1. The molecule has 17 heavy (non-hydrogen) atoms. The SMILES string of the molecule is O=C(O)CN1CCN(CC2=CCCC=C2)N1[O-]. The second kappa shape index (κ2) is 5.42. The number of carbonyl (C=O) groups is 1. The molecule has 0 radical (unpaired) electrons. The van der Waals surface area contributed by atoms with E-state index in [1.165, 1.54) is 5.01 Å². The Hall–Kier alpha value is -1.21. The fraction of sp³-hybridized carbons (Fsp3) is 0.545. The highest BCUT2D eigenvalue weighted by Gasteiger charge is 2.24. The fourth-order valence-electron chi connectivity index (χ4n) is 2.01. The van der Waals surface area contributed by atoms with Crippen LogP contribution in [0, 0.1) is 5.21 Å². The molecule has 1 aliphatic carbocycles. The minimum Gasteiger partial charge on any atom is -0.757 e. The number of carboxylic acid groups (broad SMARTS) is 1. The number of rotatable bonds is 4. The van der Waals surface area contributed by atoms with Gasteiger partial charge in [-0.05, 0) is 18.4 Å². The van der Waals surface area contributed by atoms with Crippen LogP contribution in [-0.4, -0.2) is 52.6 Å². The highest BCUT2D eigenvalue weighted by atomic mass is 16.6. The van der Waals surface area contributed by atoms with E-state index in [1.54, 1.807) is 5.01 Å². The first-order valence-corrected chi connectivity index (χ1v) is 5.71. The van der Waals surface area contributed by atoms with Crippen molar-refractivity contribution in [1.82, 2.24) is 15.3 Å². The minimum atomic E-state index is -0.982. The molecule has 2 rings (SSSR count). The van der Waals surface area contributed by atoms with Crippen molar-refractivity contribution >= 4 is 5.97 Å². The van der Waals surface area contributed by atoms with Crippen LogP contribution in [0.4, 0.5) is 0 Å². The molecule has 0 spiro atoms. The molecule has 94 valence electrons. The predicted molar refractivity (Wildman–Crippen MR) is 62.4 cm³/mol. The van der Waals surface area contributed by atoms with Crippen LogP contribution in [-0.2, 0) is 4.79 Å². The molecule has 0 amide bonds. The molecule has 1 heterocycles. The Labute approximate surface area is 99.9 Å². The molecule has 0 saturated carbocycles. The Morgan fingerprint density at radius 3 is 2.76 bits per heavy atom. The second-order valence-electron chi connectivity index (χ2n) is 4.18. The van der Waals surface area contributed by atoms with Crippen molar-refractivity contribution in [2.75, 3.05) is 26.2 Å². The average Bonchev–Trinajstić information content (AvgIpc) is 2.62. The van der Waals surface area contributed by atoms with Crippen LogP contribution in [0.2, 0.25) is 0 Å². The summed E-state index contributed by atoms with van der Waals surface area (Å²) < 4.78 is 0. The van der Waals surface area contributed by atoms with E-state index >= 15 is 0 Å². The summed E-state index contributed by atoms with van der Waals surface area (Å²) in [6.07, 6.45) is 8.30. The third kappa shape index (κ3) is 3.13. The Bertz CT molecular complexity index is 354. The van der Waals surface area contributed by atoms with Gasteiger partial charge in [0.05, 0.1) is 0 Å². The van der Waals surface area contributed by atoms with Crippen LogP contribution >= 0.6 is 0 Å². The molecule has 2 aliphatic rings. The van der Waals surface area contributed by atoms with Gasteiger partial charge in [-0.1, -0.05) is 18.2 Å². The fourth-order valence-corrected chi connectivity index (χ4v) is 2.01. The van der Waals surface area contributed by atoms with Gasteiger partial charge in [0.15, 0.2) is 0 Å². The summed E-state index contributed by atoms with van der Waals surface area (Å²) in [5.41, 5.74) is 1.12. The molecule has 0 aromatic rings. The molecular formula is C11H16N3O3-. The van der Waals surface area contributed by atoms with E-state index in [4.69, 9.17) is 5.11 Å². The Morgan fingerprint density at radius 1 is 1.35 bits per heavy atom. The predicted octanol–water partition coefficient (Wildman–Crippen LogP) is 0.595. The number of carboxylic acids is 1. The highest BCUT2D eigenvalue weighted by molar-refractivity contribution is 5.69. The van der Waals surface area contributed by atoms with Crippen molar-refractivity contribution < 1.29 is 9.90 Å². The summed E-state index contributed by atoms with van der Waals surface area (Å²) >= 11 is 0. The van der Waals surface area contributed by atoms with Crippen LogP contribution in [0.25, 0.3) is 0 Å². The Balaban J connectivity index is 1.88. The van der Waals surface area contributed by atoms with Crippen molar-refractivity contribution in [2.24, 2.45) is 0 Å². The topological polar surface area (TPSA) is 70.1 Å². The molecule has 1 saturated heterocycles. The van der Waals surface area contributed by atoms with Crippen molar-refractivity contribution in [3.05, 3.63) is 29.0 Å². The van der Waals surface area contributed by atoms with Gasteiger partial charge in [-0.3, -0.25) is 4.79 Å². The zero-order chi connectivity index (χ0) is 12.3. The van der Waals surface area contributed by atoms with Gasteiger partial charge in [-0.25, -0.2) is 15.3 Å². The molecule has 0 unspecified atom stereocenters. The largest absolute Gasteiger partial charge is 0.757 e. The van der Waals surface area contributed by atoms with Gasteiger partial charge >= 0.3 is 5.97 Å². The van der Waals surface area contributed by atoms with Gasteiger partial charge in [0.2, 0.25) is 0 Å². The quantitative estimate of drug-likeness (QED) is 0.773. The number of hydrogen-bond acceptors (Lipinski definition) is 5. The summed E-state index contributed by atoms with van der Waals surface area (Å²) in [7, 11) is 0. The van der Waals surface area contributed by atoms with E-state index in [2.05, 4.69) is 12.2 Å². The zero-order valence-corrected chi connectivity index (χ0v) is 9.58. The van der Waals surface area contributed by atoms with Gasteiger partial charge in [0, 0.05) is 19.6 Å². The maximum atomic E-state index is 11.8. The Morgan fingerprint density at radius 2 is 2.12 bits per heavy atom. The molecular weight excluding hydrogens is 222 g/mol. The van der Waals surface area contributed by atoms with Crippen LogP contribution in [0.15, 0.2) is 23.8 Å². The van der Waals surface area contributed by atoms with Crippen LogP contribution in [0.1, 0.15) is 12.8 Å². The number of nitrogens with zero attached hydrogens (tertiary/aromatic N) is 3. The lowest BCUT2D eigenvalue weighted by Gasteiger charge is -2.38. The normalized spacial score (nSPS) is 23.0. The first-order valence-electron chi connectivity index (χ1n) is 5.71. The van der Waals surface area contributed by atoms with Crippen LogP contribution in [0.3, 0.4) is 0 Å². The second-order valence-corrected chi connectivity index (χ2v) is 4.18. The lowest BCUT2D eigenvalue weighted by Crippen LogP contribution is -2.42. The highest BCUT2D eigenvalue weighted by Crippen LogP contribution is 2.16. The Kier molecular flexibility index (Phi) is 3.90. The zero-order valence-electron chi connectivity index (χ0n) is 9.58. The molecule has 6 heteroatoms. The van der Waals surface area contributed by atoms with Gasteiger partial charge in [-0.15, -0.1) is 0 Å². The van der Waals surface area contributed by atoms with Gasteiger partial charge in [0.1, 0.15) is 6.54 Å². The summed E-state index contributed by atoms with van der Waals surface area (Å²) in [5, 5.41) is 24.0. The van der Waals surface area contributed by atoms with Crippen molar-refractivity contribution in [2.45, 2.75) is 12.8 Å². The van der Waals surface area contributed by atoms with Crippen molar-refractivity contribution in [3.8, 4) is 0 Å². The number of hydrazine groups is 2. The third-order valence-electron chi connectivity index (χ3n) is 2.85. The number of allylic oxidation sites excluding steroid dienone is 2. The summed E-state index contributed by atoms with van der Waals surface area (Å²) in [6, 6.07) is 0. The average molecular weight is 238 g/mol. The molecule has 0 aromatic carbocycles. The van der Waals surface area contributed by atoms with E-state index in [0.29, 0.717) is 24.9 Å². The third-order valence-corrected chi connectivity index (χ3v) is 2.85. The van der Waals surface area contributed by atoms with E-state index < -0.39 is 5.97 Å². The van der Waals surface area contributed by atoms with E-state index in [-0.39, 0.29) is 6.54 Å². The summed E-state index contributed by atoms with van der Waals surface area (Å²) in [5.74, 6) is -0.982. The van der Waals surface area contributed by atoms with Crippen molar-refractivity contribution in [1.29, 1.82) is 0 Å². The maximum Gasteiger partial charge on any atom is 0.319 e. The van der Waals surface area contributed by atoms with Crippen LogP contribution in [0.5, 0.6) is 0 Å². The maximum absolute atomic E-state index is 11.8. The standard InChI is InChI=1S/C11H16N3O3/c15-11(16)9-13-7-6-12(14(13)17)8-10-4-2-1-3-5-10/h2,4-5H,1,3,6-9H2,(H,15,16)/q-1. The van der Waals surface area contributed by atoms with Crippen molar-refractivity contribution in [3.63, 3.8) is 0 Å². The summed E-state index contributed by atoms with van der Waals surface area (Å²) in [4.78, 5) is 10.5. The molecule has 0 atom stereocenters. The molecule has 0 aromatic heterocycles.